The highest BCUT2D eigenvalue weighted by Crippen LogP contribution is 2.24. The molecular formula is C16H22F3N3O4S. The van der Waals surface area contributed by atoms with Gasteiger partial charge in [-0.2, -0.15) is 0 Å². The molecule has 1 amide bonds. The van der Waals surface area contributed by atoms with Crippen molar-refractivity contribution in [1.29, 1.82) is 0 Å². The number of halogens is 3. The molecule has 2 N–H and O–H groups in total. The molecule has 0 aromatic heterocycles. The number of benzene rings is 1. The number of amides is 1. The lowest BCUT2D eigenvalue weighted by atomic mass is 10.1. The normalized spacial score (nSPS) is 18.2. The molecule has 1 heterocycles. The molecule has 0 saturated carbocycles. The second-order valence-corrected chi connectivity index (χ2v) is 8.17. The van der Waals surface area contributed by atoms with E-state index in [4.69, 9.17) is 0 Å². The Labute approximate surface area is 155 Å². The number of anilines is 1. The van der Waals surface area contributed by atoms with Crippen molar-refractivity contribution in [2.75, 3.05) is 30.7 Å². The van der Waals surface area contributed by atoms with E-state index in [2.05, 4.69) is 14.8 Å². The van der Waals surface area contributed by atoms with Gasteiger partial charge in [0.2, 0.25) is 15.9 Å². The van der Waals surface area contributed by atoms with Crippen molar-refractivity contribution < 1.29 is 31.1 Å². The van der Waals surface area contributed by atoms with Gasteiger partial charge in [0.15, 0.2) is 0 Å². The Morgan fingerprint density at radius 3 is 2.56 bits per heavy atom. The van der Waals surface area contributed by atoms with Crippen LogP contribution in [0.1, 0.15) is 19.8 Å². The van der Waals surface area contributed by atoms with Gasteiger partial charge in [-0.15, -0.1) is 13.2 Å². The average Bonchev–Trinajstić information content (AvgIpc) is 2.59. The van der Waals surface area contributed by atoms with Crippen LogP contribution in [0, 0.1) is 0 Å². The Balaban J connectivity index is 1.84. The minimum absolute atomic E-state index is 0.0208. The first kappa shape index (κ1) is 21.3. The molecule has 1 aliphatic heterocycles. The number of nitrogens with zero attached hydrogens (tertiary/aromatic N) is 1. The predicted octanol–water partition coefficient (Wildman–Crippen LogP) is 1.93. The topological polar surface area (TPSA) is 87.7 Å². The molecule has 0 unspecified atom stereocenters. The summed E-state index contributed by atoms with van der Waals surface area (Å²) in [5.74, 6) is -0.583. The molecule has 0 radical (unpaired) electrons. The van der Waals surface area contributed by atoms with E-state index in [9.17, 15) is 26.4 Å². The van der Waals surface area contributed by atoms with Crippen LogP contribution in [-0.4, -0.2) is 57.0 Å². The van der Waals surface area contributed by atoms with Crippen LogP contribution in [0.15, 0.2) is 24.3 Å². The van der Waals surface area contributed by atoms with E-state index in [0.29, 0.717) is 25.1 Å². The number of sulfonamides is 1. The van der Waals surface area contributed by atoms with Crippen molar-refractivity contribution in [2.24, 2.45) is 0 Å². The van der Waals surface area contributed by atoms with E-state index in [1.165, 1.54) is 12.1 Å². The van der Waals surface area contributed by atoms with Crippen LogP contribution in [0.3, 0.4) is 0 Å². The van der Waals surface area contributed by atoms with Crippen molar-refractivity contribution in [3.05, 3.63) is 24.3 Å². The molecule has 152 valence electrons. The third-order valence-corrected chi connectivity index (χ3v) is 5.48. The average molecular weight is 409 g/mol. The van der Waals surface area contributed by atoms with Crippen molar-refractivity contribution in [2.45, 2.75) is 32.2 Å². The largest absolute Gasteiger partial charge is 0.573 e. The van der Waals surface area contributed by atoms with E-state index in [1.54, 1.807) is 11.8 Å². The standard InChI is InChI=1S/C16H22F3N3O4S/c1-2-27(24,25)21-13-4-3-9-22(11-13)15(23)10-20-12-5-7-14(8-6-12)26-16(17,18)19/h5-8,13,20-21H,2-4,9-11H2,1H3/t13-/m1/s1. The highest BCUT2D eigenvalue weighted by Gasteiger charge is 2.31. The Hall–Kier alpha value is -2.01. The van der Waals surface area contributed by atoms with E-state index in [1.807, 2.05) is 0 Å². The molecule has 2 rings (SSSR count). The minimum atomic E-state index is -4.75. The fourth-order valence-electron chi connectivity index (χ4n) is 2.70. The van der Waals surface area contributed by atoms with Gasteiger partial charge in [-0.1, -0.05) is 0 Å². The second kappa shape index (κ2) is 8.79. The molecule has 27 heavy (non-hydrogen) atoms. The first-order chi connectivity index (χ1) is 12.6. The van der Waals surface area contributed by atoms with Crippen LogP contribution >= 0.6 is 0 Å². The summed E-state index contributed by atoms with van der Waals surface area (Å²) >= 11 is 0. The summed E-state index contributed by atoms with van der Waals surface area (Å²) in [6, 6.07) is 4.74. The summed E-state index contributed by atoms with van der Waals surface area (Å²) in [5, 5.41) is 2.84. The number of nitrogens with one attached hydrogen (secondary N) is 2. The third-order valence-electron chi connectivity index (χ3n) is 4.03. The number of alkyl halides is 3. The highest BCUT2D eigenvalue weighted by molar-refractivity contribution is 7.89. The van der Waals surface area contributed by atoms with Gasteiger partial charge in [0.1, 0.15) is 5.75 Å². The lowest BCUT2D eigenvalue weighted by Gasteiger charge is -2.33. The van der Waals surface area contributed by atoms with Crippen LogP contribution in [0.2, 0.25) is 0 Å². The van der Waals surface area contributed by atoms with E-state index >= 15 is 0 Å². The van der Waals surface area contributed by atoms with Gasteiger partial charge in [0.05, 0.1) is 12.3 Å². The Morgan fingerprint density at radius 1 is 1.30 bits per heavy atom. The zero-order valence-corrected chi connectivity index (χ0v) is 15.6. The summed E-state index contributed by atoms with van der Waals surface area (Å²) in [6.07, 6.45) is -3.40. The monoisotopic (exact) mass is 409 g/mol. The molecule has 1 aliphatic rings. The van der Waals surface area contributed by atoms with Gasteiger partial charge in [0, 0.05) is 24.8 Å². The number of piperidine rings is 1. The van der Waals surface area contributed by atoms with E-state index in [-0.39, 0.29) is 36.5 Å². The van der Waals surface area contributed by atoms with Crippen molar-refractivity contribution in [3.63, 3.8) is 0 Å². The molecule has 1 atom stereocenters. The second-order valence-electron chi connectivity index (χ2n) is 6.13. The van der Waals surface area contributed by atoms with Crippen LogP contribution < -0.4 is 14.8 Å². The third kappa shape index (κ3) is 7.25. The van der Waals surface area contributed by atoms with Gasteiger partial charge >= 0.3 is 6.36 Å². The van der Waals surface area contributed by atoms with Crippen molar-refractivity contribution in [1.82, 2.24) is 9.62 Å². The fraction of sp³-hybridized carbons (Fsp3) is 0.562. The number of ether oxygens (including phenoxy) is 1. The Bertz CT molecular complexity index is 738. The lowest BCUT2D eigenvalue weighted by Crippen LogP contribution is -2.51. The molecule has 0 spiro atoms. The number of hydrogen-bond donors (Lipinski definition) is 2. The fourth-order valence-corrected chi connectivity index (χ4v) is 3.57. The van der Waals surface area contributed by atoms with Gasteiger partial charge < -0.3 is 15.0 Å². The van der Waals surface area contributed by atoms with Gasteiger partial charge in [-0.25, -0.2) is 13.1 Å². The molecular weight excluding hydrogens is 387 g/mol. The van der Waals surface area contributed by atoms with Crippen LogP contribution in [0.25, 0.3) is 0 Å². The van der Waals surface area contributed by atoms with Gasteiger partial charge in [-0.05, 0) is 44.0 Å². The van der Waals surface area contributed by atoms with Crippen molar-refractivity contribution in [3.8, 4) is 5.75 Å². The maximum atomic E-state index is 12.3. The maximum Gasteiger partial charge on any atom is 0.573 e. The molecule has 7 nitrogen and oxygen atoms in total. The highest BCUT2D eigenvalue weighted by atomic mass is 32.2. The zero-order valence-electron chi connectivity index (χ0n) is 14.8. The zero-order chi connectivity index (χ0) is 20.1. The maximum absolute atomic E-state index is 12.3. The number of likely N-dealkylation sites (tertiary alicyclic amines) is 1. The first-order valence-corrected chi connectivity index (χ1v) is 10.1. The molecule has 1 saturated heterocycles. The number of hydrogen-bond acceptors (Lipinski definition) is 5. The smallest absolute Gasteiger partial charge is 0.406 e. The summed E-state index contributed by atoms with van der Waals surface area (Å²) < 4.78 is 66.1. The summed E-state index contributed by atoms with van der Waals surface area (Å²) in [6.45, 7) is 2.32. The summed E-state index contributed by atoms with van der Waals surface area (Å²) in [5.41, 5.74) is 0.470. The number of carbonyl (C=O) groups excluding carboxylic acids is 1. The predicted molar refractivity (Wildman–Crippen MR) is 93.8 cm³/mol. The SMILES string of the molecule is CCS(=O)(=O)N[C@@H]1CCCN(C(=O)CNc2ccc(OC(F)(F)F)cc2)C1. The quantitative estimate of drug-likeness (QED) is 0.719. The molecule has 11 heteroatoms. The Kier molecular flexibility index (Phi) is 6.93. The molecule has 1 fully saturated rings. The Morgan fingerprint density at radius 2 is 1.96 bits per heavy atom. The molecule has 1 aromatic carbocycles. The van der Waals surface area contributed by atoms with Crippen LogP contribution in [-0.2, 0) is 14.8 Å². The minimum Gasteiger partial charge on any atom is -0.406 e. The van der Waals surface area contributed by atoms with Crippen molar-refractivity contribution >= 4 is 21.6 Å². The summed E-state index contributed by atoms with van der Waals surface area (Å²) in [4.78, 5) is 13.9. The van der Waals surface area contributed by atoms with Crippen LogP contribution in [0.5, 0.6) is 5.75 Å². The summed E-state index contributed by atoms with van der Waals surface area (Å²) in [7, 11) is -3.34. The first-order valence-electron chi connectivity index (χ1n) is 8.45. The number of carbonyl (C=O) groups is 1. The van der Waals surface area contributed by atoms with Gasteiger partial charge in [0.25, 0.3) is 0 Å². The molecule has 1 aromatic rings. The van der Waals surface area contributed by atoms with Crippen LogP contribution in [0.4, 0.5) is 18.9 Å². The molecule has 0 aliphatic carbocycles. The van der Waals surface area contributed by atoms with E-state index < -0.39 is 16.4 Å². The van der Waals surface area contributed by atoms with Gasteiger partial charge in [-0.3, -0.25) is 4.79 Å². The molecule has 0 bridgehead atoms. The number of rotatable bonds is 7. The van der Waals surface area contributed by atoms with E-state index in [0.717, 1.165) is 12.1 Å². The lowest BCUT2D eigenvalue weighted by molar-refractivity contribution is -0.274.